The van der Waals surface area contributed by atoms with E-state index in [2.05, 4.69) is 31.9 Å². The number of carbonyl (C=O) groups is 2. The Morgan fingerprint density at radius 2 is 1.29 bits per heavy atom. The van der Waals surface area contributed by atoms with E-state index >= 15 is 0 Å². The van der Waals surface area contributed by atoms with Crippen LogP contribution in [-0.4, -0.2) is 11.3 Å². The standard InChI is InChI=1S/C22H16Br2O3P/c1-13-7-5-8-14(2)19(13)22(26)28(27)18-12-4-3-9-15(18)21(25)20-16(23)10-6-11-17(20)24/h3-12H,1-2H3/q+1. The summed E-state index contributed by atoms with van der Waals surface area (Å²) in [5, 5.41) is 0.248. The van der Waals surface area contributed by atoms with Crippen LogP contribution in [0.3, 0.4) is 0 Å². The van der Waals surface area contributed by atoms with Crippen molar-refractivity contribution in [2.45, 2.75) is 13.8 Å². The monoisotopic (exact) mass is 517 g/mol. The molecular formula is C22H16Br2O3P+. The highest BCUT2D eigenvalue weighted by atomic mass is 79.9. The van der Waals surface area contributed by atoms with Crippen molar-refractivity contribution >= 4 is 56.3 Å². The van der Waals surface area contributed by atoms with Crippen LogP contribution in [-0.2, 0) is 4.57 Å². The lowest BCUT2D eigenvalue weighted by Gasteiger charge is -2.07. The van der Waals surface area contributed by atoms with Gasteiger partial charge in [0.15, 0.2) is 5.78 Å². The van der Waals surface area contributed by atoms with Crippen LogP contribution in [0.4, 0.5) is 0 Å². The van der Waals surface area contributed by atoms with Gasteiger partial charge < -0.3 is 0 Å². The molecule has 0 saturated heterocycles. The molecule has 0 heterocycles. The molecule has 1 atom stereocenters. The van der Waals surface area contributed by atoms with Crippen LogP contribution in [0.25, 0.3) is 0 Å². The lowest BCUT2D eigenvalue weighted by molar-refractivity contribution is 0.103. The van der Waals surface area contributed by atoms with Gasteiger partial charge in [-0.2, -0.15) is 0 Å². The summed E-state index contributed by atoms with van der Waals surface area (Å²) in [4.78, 5) is 26.2. The molecule has 3 rings (SSSR count). The number of halogens is 2. The molecule has 140 valence electrons. The van der Waals surface area contributed by atoms with Crippen LogP contribution in [0, 0.1) is 13.8 Å². The summed E-state index contributed by atoms with van der Waals surface area (Å²) in [6.45, 7) is 3.64. The Balaban J connectivity index is 2.09. The number of benzene rings is 3. The fourth-order valence-corrected chi connectivity index (χ4v) is 5.80. The van der Waals surface area contributed by atoms with Gasteiger partial charge in [-0.25, -0.2) is 4.79 Å². The summed E-state index contributed by atoms with van der Waals surface area (Å²) >= 11 is 6.80. The molecule has 0 saturated carbocycles. The van der Waals surface area contributed by atoms with E-state index in [1.165, 1.54) is 0 Å². The van der Waals surface area contributed by atoms with Crippen LogP contribution >= 0.6 is 39.7 Å². The third-order valence-corrected chi connectivity index (χ3v) is 7.18. The molecule has 0 aromatic heterocycles. The molecule has 0 amide bonds. The van der Waals surface area contributed by atoms with E-state index in [-0.39, 0.29) is 16.7 Å². The normalized spacial score (nSPS) is 11.2. The second-order valence-corrected chi connectivity index (χ2v) is 9.49. The molecule has 3 nitrogen and oxygen atoms in total. The number of hydrogen-bond acceptors (Lipinski definition) is 3. The first-order chi connectivity index (χ1) is 13.3. The Labute approximate surface area is 181 Å². The van der Waals surface area contributed by atoms with Gasteiger partial charge in [0.1, 0.15) is 0 Å². The molecule has 0 radical (unpaired) electrons. The fraction of sp³-hybridized carbons (Fsp3) is 0.0909. The Bertz CT molecular complexity index is 1080. The summed E-state index contributed by atoms with van der Waals surface area (Å²) in [5.41, 5.74) is 2.22. The highest BCUT2D eigenvalue weighted by molar-refractivity contribution is 9.11. The molecule has 3 aromatic carbocycles. The van der Waals surface area contributed by atoms with Gasteiger partial charge in [0.2, 0.25) is 5.30 Å². The molecular weight excluding hydrogens is 503 g/mol. The van der Waals surface area contributed by atoms with Gasteiger partial charge >= 0.3 is 13.3 Å². The van der Waals surface area contributed by atoms with Gasteiger partial charge in [-0.05, 0) is 81.1 Å². The molecule has 6 heteroatoms. The summed E-state index contributed by atoms with van der Waals surface area (Å²) in [6, 6.07) is 17.4. The zero-order valence-corrected chi connectivity index (χ0v) is 19.3. The van der Waals surface area contributed by atoms with Crippen LogP contribution in [0.2, 0.25) is 0 Å². The molecule has 28 heavy (non-hydrogen) atoms. The molecule has 0 fully saturated rings. The number of hydrogen-bond donors (Lipinski definition) is 0. The molecule has 3 aromatic rings. The van der Waals surface area contributed by atoms with Crippen molar-refractivity contribution in [2.24, 2.45) is 0 Å². The minimum absolute atomic E-state index is 0.248. The summed E-state index contributed by atoms with van der Waals surface area (Å²) in [6.07, 6.45) is 0. The second kappa shape index (κ2) is 8.60. The Kier molecular flexibility index (Phi) is 6.39. The minimum Gasteiger partial charge on any atom is -0.288 e. The van der Waals surface area contributed by atoms with Crippen molar-refractivity contribution in [3.8, 4) is 0 Å². The van der Waals surface area contributed by atoms with Gasteiger partial charge in [-0.15, -0.1) is 0 Å². The molecule has 0 aliphatic rings. The maximum atomic E-state index is 13.2. The minimum atomic E-state index is -2.45. The van der Waals surface area contributed by atoms with Crippen molar-refractivity contribution < 1.29 is 14.2 Å². The molecule has 0 spiro atoms. The lowest BCUT2D eigenvalue weighted by Crippen LogP contribution is -2.17. The summed E-state index contributed by atoms with van der Waals surface area (Å²) in [7, 11) is -2.45. The van der Waals surface area contributed by atoms with Crippen LogP contribution in [0.15, 0.2) is 69.6 Å². The molecule has 1 unspecified atom stereocenters. The summed E-state index contributed by atoms with van der Waals surface area (Å²) in [5.74, 6) is -0.299. The Morgan fingerprint density at radius 1 is 0.750 bits per heavy atom. The van der Waals surface area contributed by atoms with Crippen molar-refractivity contribution in [3.63, 3.8) is 0 Å². The van der Waals surface area contributed by atoms with Crippen molar-refractivity contribution in [3.05, 3.63) is 97.4 Å². The maximum Gasteiger partial charge on any atom is 0.459 e. The largest absolute Gasteiger partial charge is 0.459 e. The average Bonchev–Trinajstić information content (AvgIpc) is 2.67. The zero-order valence-electron chi connectivity index (χ0n) is 15.2. The average molecular weight is 519 g/mol. The maximum absolute atomic E-state index is 13.2. The van der Waals surface area contributed by atoms with E-state index < -0.39 is 13.3 Å². The van der Waals surface area contributed by atoms with Gasteiger partial charge in [0.25, 0.3) is 0 Å². The van der Waals surface area contributed by atoms with E-state index in [0.717, 1.165) is 11.1 Å². The number of ketones is 1. The van der Waals surface area contributed by atoms with Crippen molar-refractivity contribution in [1.29, 1.82) is 0 Å². The van der Waals surface area contributed by atoms with Gasteiger partial charge in [0, 0.05) is 8.95 Å². The Hall–Kier alpha value is -1.94. The fourth-order valence-electron chi connectivity index (χ4n) is 3.05. The van der Waals surface area contributed by atoms with E-state index in [1.807, 2.05) is 38.1 Å². The van der Waals surface area contributed by atoms with Crippen LogP contribution in [0.1, 0.15) is 37.4 Å². The quantitative estimate of drug-likeness (QED) is 0.292. The van der Waals surface area contributed by atoms with E-state index in [0.29, 0.717) is 20.1 Å². The van der Waals surface area contributed by atoms with E-state index in [4.69, 9.17) is 0 Å². The first-order valence-electron chi connectivity index (χ1n) is 8.48. The predicted molar refractivity (Wildman–Crippen MR) is 119 cm³/mol. The lowest BCUT2D eigenvalue weighted by atomic mass is 10.0. The van der Waals surface area contributed by atoms with E-state index in [1.54, 1.807) is 36.4 Å². The highest BCUT2D eigenvalue weighted by Crippen LogP contribution is 2.33. The Morgan fingerprint density at radius 3 is 1.89 bits per heavy atom. The van der Waals surface area contributed by atoms with Gasteiger partial charge in [0.05, 0.1) is 16.7 Å². The van der Waals surface area contributed by atoms with Gasteiger partial charge in [-0.3, -0.25) is 4.79 Å². The van der Waals surface area contributed by atoms with Gasteiger partial charge in [-0.1, -0.05) is 41.0 Å². The van der Waals surface area contributed by atoms with Crippen molar-refractivity contribution in [1.82, 2.24) is 0 Å². The predicted octanol–water partition coefficient (Wildman–Crippen LogP) is 6.35. The number of aryl methyl sites for hydroxylation is 2. The molecule has 0 bridgehead atoms. The first kappa shape index (κ1) is 20.8. The smallest absolute Gasteiger partial charge is 0.288 e. The topological polar surface area (TPSA) is 51.2 Å². The number of carbonyl (C=O) groups excluding carboxylic acids is 2. The van der Waals surface area contributed by atoms with Crippen LogP contribution < -0.4 is 5.30 Å². The molecule has 0 aliphatic carbocycles. The zero-order chi connectivity index (χ0) is 20.4. The van der Waals surface area contributed by atoms with Crippen molar-refractivity contribution in [2.75, 3.05) is 0 Å². The van der Waals surface area contributed by atoms with E-state index in [9.17, 15) is 14.2 Å². The third kappa shape index (κ3) is 3.93. The molecule has 0 N–H and O–H groups in total. The van der Waals surface area contributed by atoms with Crippen LogP contribution in [0.5, 0.6) is 0 Å². The summed E-state index contributed by atoms with van der Waals surface area (Å²) < 4.78 is 14.4. The second-order valence-electron chi connectivity index (χ2n) is 6.31. The number of rotatable bonds is 5. The highest BCUT2D eigenvalue weighted by Gasteiger charge is 2.38. The first-order valence-corrected chi connectivity index (χ1v) is 11.3. The third-order valence-electron chi connectivity index (χ3n) is 4.44. The SMILES string of the molecule is Cc1cccc(C)c1C(=O)[P+](=O)c1ccccc1C(=O)c1c(Br)cccc1Br. The molecule has 0 aliphatic heterocycles.